The Bertz CT molecular complexity index is 934. The van der Waals surface area contributed by atoms with Gasteiger partial charge in [-0.25, -0.2) is 9.59 Å². The SMILES string of the molecule is CCC1(C[C@H](NC(=O)OC(c2ccccc2)C(F)(F)c2cccc(Cl)c2)C(=O)O)CC1. The van der Waals surface area contributed by atoms with Gasteiger partial charge in [-0.05, 0) is 42.4 Å². The molecule has 0 saturated heterocycles. The molecule has 2 aromatic rings. The maximum atomic E-state index is 15.4. The standard InChI is InChI=1S/C23H24ClF2NO4/c1-2-22(11-12-22)14-18(20(28)29)27-21(30)31-19(15-7-4-3-5-8-15)23(25,26)16-9-6-10-17(24)13-16/h3-10,13,18-19H,2,11-12,14H2,1H3,(H,27,30)(H,28,29)/t18-,19?/m0/s1. The second-order valence-corrected chi connectivity index (χ2v) is 8.36. The van der Waals surface area contributed by atoms with Crippen molar-refractivity contribution in [2.45, 2.75) is 50.7 Å². The Balaban J connectivity index is 1.83. The summed E-state index contributed by atoms with van der Waals surface area (Å²) in [6.45, 7) is 1.96. The minimum atomic E-state index is -3.61. The van der Waals surface area contributed by atoms with Crippen LogP contribution in [0.3, 0.4) is 0 Å². The van der Waals surface area contributed by atoms with Gasteiger partial charge < -0.3 is 15.2 Å². The lowest BCUT2D eigenvalue weighted by Gasteiger charge is -2.28. The normalized spacial score (nSPS) is 16.8. The van der Waals surface area contributed by atoms with E-state index < -0.39 is 35.7 Å². The van der Waals surface area contributed by atoms with Crippen LogP contribution in [0.1, 0.15) is 49.8 Å². The van der Waals surface area contributed by atoms with Gasteiger partial charge in [-0.15, -0.1) is 0 Å². The first-order valence-corrected chi connectivity index (χ1v) is 10.4. The number of ether oxygens (including phenoxy) is 1. The first-order chi connectivity index (χ1) is 14.7. The van der Waals surface area contributed by atoms with Crippen molar-refractivity contribution < 1.29 is 28.2 Å². The minimum Gasteiger partial charge on any atom is -0.480 e. The Labute approximate surface area is 184 Å². The summed E-state index contributed by atoms with van der Waals surface area (Å²) in [5, 5.41) is 11.9. The van der Waals surface area contributed by atoms with Gasteiger partial charge in [0.1, 0.15) is 6.04 Å². The van der Waals surface area contributed by atoms with Gasteiger partial charge in [0, 0.05) is 10.6 Å². The highest BCUT2D eigenvalue weighted by molar-refractivity contribution is 6.30. The lowest BCUT2D eigenvalue weighted by atomic mass is 9.94. The fourth-order valence-corrected chi connectivity index (χ4v) is 3.81. The van der Waals surface area contributed by atoms with Crippen LogP contribution in [0.5, 0.6) is 0 Å². The first-order valence-electron chi connectivity index (χ1n) is 10.1. The molecule has 0 spiro atoms. The molecule has 0 heterocycles. The fourth-order valence-electron chi connectivity index (χ4n) is 3.62. The van der Waals surface area contributed by atoms with Crippen LogP contribution in [-0.2, 0) is 15.5 Å². The third-order valence-corrected chi connectivity index (χ3v) is 6.04. The second kappa shape index (κ2) is 9.22. The second-order valence-electron chi connectivity index (χ2n) is 7.92. The molecule has 1 fully saturated rings. The molecule has 0 aromatic heterocycles. The molecule has 1 aliphatic carbocycles. The molecule has 1 amide bonds. The largest absolute Gasteiger partial charge is 0.480 e. The van der Waals surface area contributed by atoms with E-state index in [0.717, 1.165) is 25.3 Å². The molecule has 3 rings (SSSR count). The third kappa shape index (κ3) is 5.53. The highest BCUT2D eigenvalue weighted by Crippen LogP contribution is 2.52. The van der Waals surface area contributed by atoms with Gasteiger partial charge in [-0.3, -0.25) is 0 Å². The monoisotopic (exact) mass is 451 g/mol. The number of hydrogen-bond acceptors (Lipinski definition) is 3. The molecule has 1 saturated carbocycles. The van der Waals surface area contributed by atoms with Crippen molar-refractivity contribution >= 4 is 23.7 Å². The summed E-state index contributed by atoms with van der Waals surface area (Å²) in [7, 11) is 0. The van der Waals surface area contributed by atoms with Crippen LogP contribution < -0.4 is 5.32 Å². The molecule has 0 radical (unpaired) electrons. The van der Waals surface area contributed by atoms with Crippen molar-refractivity contribution in [3.8, 4) is 0 Å². The fraction of sp³-hybridized carbons (Fsp3) is 0.391. The highest BCUT2D eigenvalue weighted by atomic mass is 35.5. The summed E-state index contributed by atoms with van der Waals surface area (Å²) in [4.78, 5) is 24.2. The summed E-state index contributed by atoms with van der Waals surface area (Å²) in [6, 6.07) is 11.5. The molecular formula is C23H24ClF2NO4. The molecule has 2 N–H and O–H groups in total. The average molecular weight is 452 g/mol. The Kier molecular flexibility index (Phi) is 6.84. The van der Waals surface area contributed by atoms with Gasteiger partial charge in [-0.1, -0.05) is 67.4 Å². The molecule has 166 valence electrons. The van der Waals surface area contributed by atoms with Gasteiger partial charge in [0.2, 0.25) is 0 Å². The first kappa shape index (κ1) is 23.0. The van der Waals surface area contributed by atoms with E-state index in [4.69, 9.17) is 16.3 Å². The highest BCUT2D eigenvalue weighted by Gasteiger charge is 2.47. The average Bonchev–Trinajstić information content (AvgIpc) is 3.52. The lowest BCUT2D eigenvalue weighted by Crippen LogP contribution is -2.44. The van der Waals surface area contributed by atoms with Crippen LogP contribution in [0.25, 0.3) is 0 Å². The number of hydrogen-bond donors (Lipinski definition) is 2. The van der Waals surface area contributed by atoms with Gasteiger partial charge in [-0.2, -0.15) is 8.78 Å². The number of amides is 1. The number of alkyl carbamates (subject to hydrolysis) is 1. The van der Waals surface area contributed by atoms with E-state index in [2.05, 4.69) is 5.32 Å². The molecule has 1 aliphatic rings. The van der Waals surface area contributed by atoms with Crippen molar-refractivity contribution in [2.75, 3.05) is 0 Å². The molecule has 0 aliphatic heterocycles. The number of alkyl halides is 2. The van der Waals surface area contributed by atoms with Gasteiger partial charge in [0.25, 0.3) is 0 Å². The molecule has 8 heteroatoms. The van der Waals surface area contributed by atoms with E-state index in [-0.39, 0.29) is 22.4 Å². The molecule has 31 heavy (non-hydrogen) atoms. The Morgan fingerprint density at radius 3 is 2.42 bits per heavy atom. The summed E-state index contributed by atoms with van der Waals surface area (Å²) >= 11 is 5.87. The quantitative estimate of drug-likeness (QED) is 0.495. The van der Waals surface area contributed by atoms with Crippen molar-refractivity contribution in [2.24, 2.45) is 5.41 Å². The number of nitrogens with one attached hydrogen (secondary N) is 1. The Hall–Kier alpha value is -2.67. The summed E-state index contributed by atoms with van der Waals surface area (Å²) in [5.41, 5.74) is -0.471. The number of aliphatic carboxylic acids is 1. The number of benzene rings is 2. The van der Waals surface area contributed by atoms with Gasteiger partial charge in [0.05, 0.1) is 0 Å². The molecule has 1 unspecified atom stereocenters. The van der Waals surface area contributed by atoms with Crippen molar-refractivity contribution in [1.29, 1.82) is 0 Å². The minimum absolute atomic E-state index is 0.0710. The maximum Gasteiger partial charge on any atom is 0.408 e. The Morgan fingerprint density at radius 2 is 1.87 bits per heavy atom. The van der Waals surface area contributed by atoms with E-state index in [1.807, 2.05) is 6.92 Å². The maximum absolute atomic E-state index is 15.4. The molecular weight excluding hydrogens is 428 g/mol. The Morgan fingerprint density at radius 1 is 1.19 bits per heavy atom. The van der Waals surface area contributed by atoms with Gasteiger partial charge >= 0.3 is 18.0 Å². The van der Waals surface area contributed by atoms with Crippen molar-refractivity contribution in [1.82, 2.24) is 5.32 Å². The van der Waals surface area contributed by atoms with E-state index in [1.165, 1.54) is 30.3 Å². The van der Waals surface area contributed by atoms with Crippen molar-refractivity contribution in [3.05, 3.63) is 70.7 Å². The van der Waals surface area contributed by atoms with Crippen LogP contribution in [0, 0.1) is 5.41 Å². The predicted molar refractivity (Wildman–Crippen MR) is 112 cm³/mol. The molecule has 0 bridgehead atoms. The number of carboxylic acids is 1. The smallest absolute Gasteiger partial charge is 0.408 e. The van der Waals surface area contributed by atoms with Crippen molar-refractivity contribution in [3.63, 3.8) is 0 Å². The van der Waals surface area contributed by atoms with Gasteiger partial charge in [0.15, 0.2) is 6.10 Å². The molecule has 5 nitrogen and oxygen atoms in total. The van der Waals surface area contributed by atoms with E-state index >= 15 is 8.78 Å². The van der Waals surface area contributed by atoms with Crippen LogP contribution in [0.4, 0.5) is 13.6 Å². The number of halogens is 3. The number of carbonyl (C=O) groups excluding carboxylic acids is 1. The predicted octanol–water partition coefficient (Wildman–Crippen LogP) is 5.93. The zero-order valence-corrected chi connectivity index (χ0v) is 17.7. The van der Waals surface area contributed by atoms with Crippen LogP contribution in [-0.4, -0.2) is 23.2 Å². The lowest BCUT2D eigenvalue weighted by molar-refractivity contribution is -0.140. The van der Waals surface area contributed by atoms with Crippen LogP contribution in [0.15, 0.2) is 54.6 Å². The third-order valence-electron chi connectivity index (χ3n) is 5.80. The van der Waals surface area contributed by atoms with E-state index in [1.54, 1.807) is 18.2 Å². The topological polar surface area (TPSA) is 75.6 Å². The van der Waals surface area contributed by atoms with E-state index in [9.17, 15) is 14.7 Å². The number of carboxylic acid groups (broad SMARTS) is 1. The zero-order chi connectivity index (χ0) is 22.6. The zero-order valence-electron chi connectivity index (χ0n) is 17.0. The summed E-state index contributed by atoms with van der Waals surface area (Å²) in [6.07, 6.45) is -0.410. The van der Waals surface area contributed by atoms with Crippen LogP contribution in [0.2, 0.25) is 5.02 Å². The number of carbonyl (C=O) groups is 2. The number of rotatable bonds is 9. The van der Waals surface area contributed by atoms with Crippen LogP contribution >= 0.6 is 11.6 Å². The van der Waals surface area contributed by atoms with E-state index in [0.29, 0.717) is 0 Å². The molecule has 2 aromatic carbocycles. The summed E-state index contributed by atoms with van der Waals surface area (Å²) in [5.74, 6) is -4.83. The molecule has 2 atom stereocenters. The summed E-state index contributed by atoms with van der Waals surface area (Å²) < 4.78 is 35.9.